The Hall–Kier alpha value is -3.92. The molecule has 0 bridgehead atoms. The predicted molar refractivity (Wildman–Crippen MR) is 105 cm³/mol. The van der Waals surface area contributed by atoms with Crippen LogP contribution in [0.4, 0.5) is 0 Å². The molecule has 4 aromatic rings. The molecule has 0 saturated heterocycles. The SMILES string of the molecule is Cc1ccc(-c2nnc(CCC(=O)OCc3cn4ccccc4c3C#N)o2)cc1. The molecule has 144 valence electrons. The maximum Gasteiger partial charge on any atom is 0.306 e. The molecule has 0 unspecified atom stereocenters. The Balaban J connectivity index is 1.34. The quantitative estimate of drug-likeness (QED) is 0.467. The van der Waals surface area contributed by atoms with Crippen molar-refractivity contribution in [2.45, 2.75) is 26.4 Å². The molecule has 3 heterocycles. The normalized spacial score (nSPS) is 10.8. The fourth-order valence-corrected chi connectivity index (χ4v) is 3.02. The van der Waals surface area contributed by atoms with Crippen LogP contribution in [0.25, 0.3) is 17.0 Å². The summed E-state index contributed by atoms with van der Waals surface area (Å²) in [6.07, 6.45) is 4.06. The highest BCUT2D eigenvalue weighted by atomic mass is 16.5. The minimum atomic E-state index is -0.390. The molecule has 0 atom stereocenters. The molecule has 0 spiro atoms. The number of nitriles is 1. The molecular weight excluding hydrogens is 368 g/mol. The van der Waals surface area contributed by atoms with Crippen LogP contribution in [-0.4, -0.2) is 20.6 Å². The topological polar surface area (TPSA) is 93.4 Å². The molecule has 0 saturated carbocycles. The van der Waals surface area contributed by atoms with Gasteiger partial charge in [0.1, 0.15) is 12.7 Å². The molecule has 7 heteroatoms. The van der Waals surface area contributed by atoms with Crippen molar-refractivity contribution < 1.29 is 13.9 Å². The number of nitrogens with zero attached hydrogens (tertiary/aromatic N) is 4. The molecule has 0 N–H and O–H groups in total. The van der Waals surface area contributed by atoms with E-state index in [1.807, 2.05) is 60.0 Å². The molecule has 0 aliphatic carbocycles. The Morgan fingerprint density at radius 3 is 2.83 bits per heavy atom. The zero-order valence-electron chi connectivity index (χ0n) is 15.8. The Labute approximate surface area is 167 Å². The van der Waals surface area contributed by atoms with Gasteiger partial charge in [-0.05, 0) is 31.2 Å². The lowest BCUT2D eigenvalue weighted by molar-refractivity contribution is -0.145. The van der Waals surface area contributed by atoms with E-state index in [0.29, 0.717) is 29.3 Å². The fraction of sp³-hybridized carbons (Fsp3) is 0.182. The number of ether oxygens (including phenoxy) is 1. The first-order valence-electron chi connectivity index (χ1n) is 9.18. The fourth-order valence-electron chi connectivity index (χ4n) is 3.02. The number of benzene rings is 1. The van der Waals surface area contributed by atoms with Gasteiger partial charge in [0.15, 0.2) is 0 Å². The molecule has 3 aromatic heterocycles. The second-order valence-corrected chi connectivity index (χ2v) is 6.66. The lowest BCUT2D eigenvalue weighted by Crippen LogP contribution is -2.06. The summed E-state index contributed by atoms with van der Waals surface area (Å²) >= 11 is 0. The van der Waals surface area contributed by atoms with Gasteiger partial charge in [0, 0.05) is 29.9 Å². The molecule has 1 aromatic carbocycles. The highest BCUT2D eigenvalue weighted by Crippen LogP contribution is 2.20. The monoisotopic (exact) mass is 386 g/mol. The molecule has 29 heavy (non-hydrogen) atoms. The summed E-state index contributed by atoms with van der Waals surface area (Å²) in [6, 6.07) is 15.5. The van der Waals surface area contributed by atoms with E-state index in [-0.39, 0.29) is 19.0 Å². The van der Waals surface area contributed by atoms with Gasteiger partial charge in [-0.1, -0.05) is 23.8 Å². The molecule has 0 aliphatic rings. The number of aryl methyl sites for hydroxylation is 2. The second kappa shape index (κ2) is 7.98. The first kappa shape index (κ1) is 18.4. The van der Waals surface area contributed by atoms with Gasteiger partial charge in [-0.25, -0.2) is 0 Å². The van der Waals surface area contributed by atoms with E-state index in [9.17, 15) is 10.1 Å². The van der Waals surface area contributed by atoms with Crippen molar-refractivity contribution in [3.05, 3.63) is 77.4 Å². The third kappa shape index (κ3) is 4.01. The zero-order chi connectivity index (χ0) is 20.2. The van der Waals surface area contributed by atoms with Crippen molar-refractivity contribution in [3.63, 3.8) is 0 Å². The van der Waals surface area contributed by atoms with E-state index in [1.54, 1.807) is 6.20 Å². The number of fused-ring (bicyclic) bond motifs is 1. The van der Waals surface area contributed by atoms with E-state index < -0.39 is 0 Å². The summed E-state index contributed by atoms with van der Waals surface area (Å²) in [6.45, 7) is 2.05. The van der Waals surface area contributed by atoms with Crippen LogP contribution in [0.1, 0.15) is 29.0 Å². The maximum absolute atomic E-state index is 12.1. The van der Waals surface area contributed by atoms with E-state index in [4.69, 9.17) is 9.15 Å². The van der Waals surface area contributed by atoms with E-state index in [2.05, 4.69) is 16.3 Å². The zero-order valence-corrected chi connectivity index (χ0v) is 15.8. The number of rotatable bonds is 6. The smallest absolute Gasteiger partial charge is 0.306 e. The van der Waals surface area contributed by atoms with Gasteiger partial charge in [0.2, 0.25) is 11.8 Å². The average Bonchev–Trinajstić information content (AvgIpc) is 3.35. The Kier molecular flexibility index (Phi) is 5.08. The van der Waals surface area contributed by atoms with Crippen molar-refractivity contribution in [1.29, 1.82) is 5.26 Å². The Morgan fingerprint density at radius 1 is 1.21 bits per heavy atom. The lowest BCUT2D eigenvalue weighted by atomic mass is 10.1. The summed E-state index contributed by atoms with van der Waals surface area (Å²) in [5.41, 5.74) is 3.95. The van der Waals surface area contributed by atoms with Gasteiger partial charge in [-0.2, -0.15) is 5.26 Å². The summed E-state index contributed by atoms with van der Waals surface area (Å²) in [5, 5.41) is 17.4. The average molecular weight is 386 g/mol. The third-order valence-electron chi connectivity index (χ3n) is 4.57. The van der Waals surface area contributed by atoms with E-state index in [0.717, 1.165) is 16.6 Å². The second-order valence-electron chi connectivity index (χ2n) is 6.66. The van der Waals surface area contributed by atoms with Crippen LogP contribution in [0.15, 0.2) is 59.3 Å². The van der Waals surface area contributed by atoms with Crippen LogP contribution in [0.3, 0.4) is 0 Å². The van der Waals surface area contributed by atoms with Crippen molar-refractivity contribution in [2.24, 2.45) is 0 Å². The minimum Gasteiger partial charge on any atom is -0.461 e. The predicted octanol–water partition coefficient (Wildman–Crippen LogP) is 3.85. The van der Waals surface area contributed by atoms with Crippen LogP contribution >= 0.6 is 0 Å². The van der Waals surface area contributed by atoms with Gasteiger partial charge in [0.05, 0.1) is 17.5 Å². The van der Waals surface area contributed by atoms with Crippen LogP contribution in [0.2, 0.25) is 0 Å². The first-order chi connectivity index (χ1) is 14.1. The number of esters is 1. The molecule has 0 aliphatic heterocycles. The highest BCUT2D eigenvalue weighted by molar-refractivity contribution is 5.70. The minimum absolute atomic E-state index is 0.0435. The van der Waals surface area contributed by atoms with Crippen LogP contribution in [-0.2, 0) is 22.6 Å². The first-order valence-corrected chi connectivity index (χ1v) is 9.18. The van der Waals surface area contributed by atoms with Gasteiger partial charge in [-0.3, -0.25) is 4.79 Å². The van der Waals surface area contributed by atoms with Crippen molar-refractivity contribution in [1.82, 2.24) is 14.6 Å². The van der Waals surface area contributed by atoms with Crippen LogP contribution in [0, 0.1) is 18.3 Å². The van der Waals surface area contributed by atoms with Crippen molar-refractivity contribution in [3.8, 4) is 17.5 Å². The molecule has 0 radical (unpaired) electrons. The standard InChI is InChI=1S/C22H18N4O3/c1-15-5-7-16(8-6-15)22-25-24-20(29-22)9-10-21(27)28-14-17-13-26-11-3-2-4-19(26)18(17)12-23/h2-8,11,13H,9-10,14H2,1H3. The highest BCUT2D eigenvalue weighted by Gasteiger charge is 2.14. The number of hydrogen-bond acceptors (Lipinski definition) is 6. The summed E-state index contributed by atoms with van der Waals surface area (Å²) in [7, 11) is 0. The largest absolute Gasteiger partial charge is 0.461 e. The van der Waals surface area contributed by atoms with Gasteiger partial charge in [0.25, 0.3) is 0 Å². The number of hydrogen-bond donors (Lipinski definition) is 0. The Morgan fingerprint density at radius 2 is 2.03 bits per heavy atom. The molecule has 7 nitrogen and oxygen atoms in total. The molecule has 0 fully saturated rings. The number of carbonyl (C=O) groups is 1. The molecular formula is C22H18N4O3. The number of pyridine rings is 1. The van der Waals surface area contributed by atoms with Gasteiger partial charge in [-0.15, -0.1) is 10.2 Å². The van der Waals surface area contributed by atoms with Crippen LogP contribution < -0.4 is 0 Å². The maximum atomic E-state index is 12.1. The van der Waals surface area contributed by atoms with Crippen molar-refractivity contribution in [2.75, 3.05) is 0 Å². The van der Waals surface area contributed by atoms with Gasteiger partial charge >= 0.3 is 5.97 Å². The van der Waals surface area contributed by atoms with Crippen LogP contribution in [0.5, 0.6) is 0 Å². The van der Waals surface area contributed by atoms with Gasteiger partial charge < -0.3 is 13.6 Å². The van der Waals surface area contributed by atoms with Crippen molar-refractivity contribution >= 4 is 11.5 Å². The van der Waals surface area contributed by atoms with E-state index in [1.165, 1.54) is 0 Å². The Bertz CT molecular complexity index is 1200. The number of aromatic nitrogens is 3. The number of carbonyl (C=O) groups excluding carboxylic acids is 1. The lowest BCUT2D eigenvalue weighted by Gasteiger charge is -2.02. The summed E-state index contributed by atoms with van der Waals surface area (Å²) in [5.74, 6) is 0.414. The molecule has 4 rings (SSSR count). The van der Waals surface area contributed by atoms with E-state index >= 15 is 0 Å². The summed E-state index contributed by atoms with van der Waals surface area (Å²) < 4.78 is 12.8. The third-order valence-corrected chi connectivity index (χ3v) is 4.57. The summed E-state index contributed by atoms with van der Waals surface area (Å²) in [4.78, 5) is 12.1. The molecule has 0 amide bonds.